The van der Waals surface area contributed by atoms with Crippen LogP contribution in [0.25, 0.3) is 0 Å². The Bertz CT molecular complexity index is 372. The Morgan fingerprint density at radius 3 is 2.88 bits per heavy atom. The molecule has 1 aromatic heterocycles. The third-order valence-electron chi connectivity index (χ3n) is 2.65. The highest BCUT2D eigenvalue weighted by Crippen LogP contribution is 2.07. The van der Waals surface area contributed by atoms with Gasteiger partial charge in [0, 0.05) is 19.3 Å². The summed E-state index contributed by atoms with van der Waals surface area (Å²) in [5.41, 5.74) is 0.389. The van der Waals surface area contributed by atoms with E-state index in [-0.39, 0.29) is 5.97 Å². The molecule has 0 saturated heterocycles. The van der Waals surface area contributed by atoms with Crippen LogP contribution in [0.3, 0.4) is 0 Å². The lowest BCUT2D eigenvalue weighted by molar-refractivity contribution is -0.147. The van der Waals surface area contributed by atoms with Crippen molar-refractivity contribution >= 4 is 5.97 Å². The predicted octanol–water partition coefficient (Wildman–Crippen LogP) is 1.33. The average molecular weight is 239 g/mol. The van der Waals surface area contributed by atoms with Crippen molar-refractivity contribution in [2.45, 2.75) is 45.8 Å². The molecular formula is C12H21N3O2. The molecule has 96 valence electrons. The third-order valence-corrected chi connectivity index (χ3v) is 2.65. The zero-order chi connectivity index (χ0) is 12.9. The first-order chi connectivity index (χ1) is 8.01. The second-order valence-corrected chi connectivity index (χ2v) is 4.52. The number of nitrogens with zero attached hydrogens (tertiary/aromatic N) is 2. The fourth-order valence-electron chi connectivity index (χ4n) is 1.56. The fraction of sp³-hybridized carbons (Fsp3) is 0.667. The van der Waals surface area contributed by atoms with Crippen LogP contribution in [0.15, 0.2) is 12.3 Å². The molecule has 0 aliphatic rings. The molecule has 0 atom stereocenters. The van der Waals surface area contributed by atoms with Crippen molar-refractivity contribution in [3.63, 3.8) is 0 Å². The van der Waals surface area contributed by atoms with Crippen molar-refractivity contribution in [1.82, 2.24) is 15.1 Å². The van der Waals surface area contributed by atoms with Gasteiger partial charge in [-0.1, -0.05) is 6.92 Å². The fourth-order valence-corrected chi connectivity index (χ4v) is 1.56. The number of carbonyl (C=O) groups excluding carboxylic acids is 1. The number of ether oxygens (including phenoxy) is 1. The minimum atomic E-state index is -0.684. The van der Waals surface area contributed by atoms with Gasteiger partial charge in [-0.25, -0.2) is 0 Å². The molecule has 5 heteroatoms. The largest absolute Gasteiger partial charge is 0.468 e. The van der Waals surface area contributed by atoms with Crippen LogP contribution in [0.5, 0.6) is 0 Å². The van der Waals surface area contributed by atoms with E-state index in [1.165, 1.54) is 7.11 Å². The monoisotopic (exact) mass is 239 g/mol. The van der Waals surface area contributed by atoms with Crippen molar-refractivity contribution in [2.75, 3.05) is 7.11 Å². The van der Waals surface area contributed by atoms with E-state index in [4.69, 9.17) is 4.74 Å². The average Bonchev–Trinajstić information content (AvgIpc) is 2.73. The Kier molecular flexibility index (Phi) is 4.69. The summed E-state index contributed by atoms with van der Waals surface area (Å²) in [4.78, 5) is 11.5. The Morgan fingerprint density at radius 2 is 2.29 bits per heavy atom. The van der Waals surface area contributed by atoms with Crippen LogP contribution >= 0.6 is 0 Å². The Morgan fingerprint density at radius 1 is 1.59 bits per heavy atom. The van der Waals surface area contributed by atoms with Gasteiger partial charge in [0.05, 0.1) is 12.8 Å². The standard InChI is InChI=1S/C12H21N3O2/c1-5-8-15-10(6-7-14-15)9-13-12(2,3)11(16)17-4/h6-7,13H,5,8-9H2,1-4H3. The number of aromatic nitrogens is 2. The molecule has 0 aliphatic carbocycles. The van der Waals surface area contributed by atoms with Crippen molar-refractivity contribution in [3.05, 3.63) is 18.0 Å². The summed E-state index contributed by atoms with van der Waals surface area (Å²) >= 11 is 0. The topological polar surface area (TPSA) is 56.2 Å². The summed E-state index contributed by atoms with van der Waals surface area (Å²) in [6.07, 6.45) is 2.81. The molecule has 0 unspecified atom stereocenters. The molecular weight excluding hydrogens is 218 g/mol. The lowest BCUT2D eigenvalue weighted by Gasteiger charge is -2.23. The lowest BCUT2D eigenvalue weighted by atomic mass is 10.1. The number of rotatable bonds is 6. The smallest absolute Gasteiger partial charge is 0.325 e. The zero-order valence-corrected chi connectivity index (χ0v) is 11.0. The van der Waals surface area contributed by atoms with Gasteiger partial charge in [0.1, 0.15) is 5.54 Å². The number of hydrogen-bond donors (Lipinski definition) is 1. The number of hydrogen-bond acceptors (Lipinski definition) is 4. The summed E-state index contributed by atoms with van der Waals surface area (Å²) in [5, 5.41) is 7.41. The van der Waals surface area contributed by atoms with Crippen molar-refractivity contribution in [2.24, 2.45) is 0 Å². The van der Waals surface area contributed by atoms with Gasteiger partial charge >= 0.3 is 5.97 Å². The molecule has 0 saturated carbocycles. The SMILES string of the molecule is CCCn1nccc1CNC(C)(C)C(=O)OC. The number of nitrogens with one attached hydrogen (secondary N) is 1. The van der Waals surface area contributed by atoms with Crippen molar-refractivity contribution < 1.29 is 9.53 Å². The minimum absolute atomic E-state index is 0.265. The zero-order valence-electron chi connectivity index (χ0n) is 11.0. The lowest BCUT2D eigenvalue weighted by Crippen LogP contribution is -2.47. The summed E-state index contributed by atoms with van der Waals surface area (Å²) in [6.45, 7) is 7.21. The third kappa shape index (κ3) is 3.56. The number of aryl methyl sites for hydroxylation is 1. The van der Waals surface area contributed by atoms with Gasteiger partial charge in [-0.2, -0.15) is 5.10 Å². The molecule has 0 amide bonds. The van der Waals surface area contributed by atoms with Crippen LogP contribution in [-0.4, -0.2) is 28.4 Å². The van der Waals surface area contributed by atoms with E-state index in [2.05, 4.69) is 17.3 Å². The molecule has 0 aliphatic heterocycles. The van der Waals surface area contributed by atoms with Gasteiger partial charge in [-0.15, -0.1) is 0 Å². The van der Waals surface area contributed by atoms with E-state index in [9.17, 15) is 4.79 Å². The van der Waals surface area contributed by atoms with Crippen LogP contribution in [0.1, 0.15) is 32.9 Å². The highest BCUT2D eigenvalue weighted by Gasteiger charge is 2.27. The molecule has 0 aromatic carbocycles. The molecule has 17 heavy (non-hydrogen) atoms. The Hall–Kier alpha value is -1.36. The van der Waals surface area contributed by atoms with Crippen molar-refractivity contribution in [3.8, 4) is 0 Å². The van der Waals surface area contributed by atoms with Gasteiger partial charge in [-0.05, 0) is 26.3 Å². The summed E-state index contributed by atoms with van der Waals surface area (Å²) in [6, 6.07) is 1.95. The molecule has 0 radical (unpaired) electrons. The highest BCUT2D eigenvalue weighted by atomic mass is 16.5. The van der Waals surface area contributed by atoms with Gasteiger partial charge in [0.15, 0.2) is 0 Å². The Labute approximate surface area is 102 Å². The number of esters is 1. The van der Waals surface area contributed by atoms with Crippen LogP contribution in [0.4, 0.5) is 0 Å². The first-order valence-electron chi connectivity index (χ1n) is 5.85. The second kappa shape index (κ2) is 5.82. The summed E-state index contributed by atoms with van der Waals surface area (Å²) < 4.78 is 6.68. The highest BCUT2D eigenvalue weighted by molar-refractivity contribution is 5.79. The van der Waals surface area contributed by atoms with Crippen LogP contribution in [0.2, 0.25) is 0 Å². The minimum Gasteiger partial charge on any atom is -0.468 e. The maximum absolute atomic E-state index is 11.5. The normalized spacial score (nSPS) is 11.5. The first-order valence-corrected chi connectivity index (χ1v) is 5.85. The number of methoxy groups -OCH3 is 1. The molecule has 0 bridgehead atoms. The second-order valence-electron chi connectivity index (χ2n) is 4.52. The molecule has 1 N–H and O–H groups in total. The van der Waals surface area contributed by atoms with Crippen molar-refractivity contribution in [1.29, 1.82) is 0 Å². The summed E-state index contributed by atoms with van der Waals surface area (Å²) in [7, 11) is 1.40. The van der Waals surface area contributed by atoms with Gasteiger partial charge in [-0.3, -0.25) is 14.8 Å². The molecule has 1 rings (SSSR count). The maximum Gasteiger partial charge on any atom is 0.325 e. The van der Waals surface area contributed by atoms with Gasteiger partial charge < -0.3 is 4.74 Å². The van der Waals surface area contributed by atoms with Gasteiger partial charge in [0.2, 0.25) is 0 Å². The molecule has 0 spiro atoms. The Balaban J connectivity index is 2.60. The quantitative estimate of drug-likeness (QED) is 0.761. The van der Waals surface area contributed by atoms with E-state index in [0.29, 0.717) is 6.54 Å². The van der Waals surface area contributed by atoms with Crippen LogP contribution in [0, 0.1) is 0 Å². The predicted molar refractivity (Wildman–Crippen MR) is 65.5 cm³/mol. The summed E-state index contributed by atoms with van der Waals surface area (Å²) in [5.74, 6) is -0.265. The van der Waals surface area contributed by atoms with E-state index < -0.39 is 5.54 Å². The maximum atomic E-state index is 11.5. The van der Waals surface area contributed by atoms with E-state index in [0.717, 1.165) is 18.7 Å². The molecule has 5 nitrogen and oxygen atoms in total. The molecule has 0 fully saturated rings. The molecule has 1 heterocycles. The van der Waals surface area contributed by atoms with Gasteiger partial charge in [0.25, 0.3) is 0 Å². The number of carbonyl (C=O) groups is 1. The van der Waals surface area contributed by atoms with E-state index in [1.54, 1.807) is 20.0 Å². The first kappa shape index (κ1) is 13.7. The van der Waals surface area contributed by atoms with E-state index >= 15 is 0 Å². The molecule has 1 aromatic rings. The van der Waals surface area contributed by atoms with E-state index in [1.807, 2.05) is 10.7 Å². The van der Waals surface area contributed by atoms with Crippen LogP contribution < -0.4 is 5.32 Å². The van der Waals surface area contributed by atoms with Crippen LogP contribution in [-0.2, 0) is 22.6 Å².